The molecule has 12 aromatic carbocycles. The van der Waals surface area contributed by atoms with Crippen LogP contribution in [0.4, 0.5) is 34.1 Å². The molecule has 68 heavy (non-hydrogen) atoms. The van der Waals surface area contributed by atoms with E-state index in [0.717, 1.165) is 0 Å². The fraction of sp³-hybridized carbons (Fsp3) is 0.0909. The highest BCUT2D eigenvalue weighted by Gasteiger charge is 2.27. The molecule has 0 aliphatic rings. The van der Waals surface area contributed by atoms with Crippen LogP contribution in [0.5, 0.6) is 0 Å². The first-order valence-electron chi connectivity index (χ1n) is 23.8. The lowest BCUT2D eigenvalue weighted by atomic mass is 9.87. The molecule has 0 radical (unpaired) electrons. The van der Waals surface area contributed by atoms with Gasteiger partial charge in [-0.25, -0.2) is 0 Å². The maximum atomic E-state index is 2.55. The van der Waals surface area contributed by atoms with Crippen LogP contribution in [0, 0.1) is 41.5 Å². The van der Waals surface area contributed by atoms with E-state index >= 15 is 0 Å². The molecule has 326 valence electrons. The Hall–Kier alpha value is -8.20. The van der Waals surface area contributed by atoms with Gasteiger partial charge in [0.15, 0.2) is 0 Å². The summed E-state index contributed by atoms with van der Waals surface area (Å²) < 4.78 is 0. The third kappa shape index (κ3) is 6.78. The fourth-order valence-corrected chi connectivity index (χ4v) is 10.9. The van der Waals surface area contributed by atoms with Crippen LogP contribution in [0.1, 0.15) is 33.4 Å². The van der Waals surface area contributed by atoms with Gasteiger partial charge in [-0.15, -0.1) is 0 Å². The Kier molecular flexibility index (Phi) is 9.88. The zero-order chi connectivity index (χ0) is 46.2. The third-order valence-electron chi connectivity index (χ3n) is 14.5. The van der Waals surface area contributed by atoms with E-state index in [1.165, 1.54) is 144 Å². The van der Waals surface area contributed by atoms with Gasteiger partial charge in [0.2, 0.25) is 0 Å². The smallest absolute Gasteiger partial charge is 0.0543 e. The maximum Gasteiger partial charge on any atom is 0.0543 e. The number of benzene rings is 12. The number of anilines is 6. The van der Waals surface area contributed by atoms with Crippen molar-refractivity contribution in [1.82, 2.24) is 0 Å². The minimum Gasteiger partial charge on any atom is -0.309 e. The van der Waals surface area contributed by atoms with E-state index in [1.54, 1.807) is 0 Å². The van der Waals surface area contributed by atoms with Crippen molar-refractivity contribution in [3.05, 3.63) is 240 Å². The number of fused-ring (bicyclic) bond motifs is 2. The van der Waals surface area contributed by atoms with Crippen LogP contribution in [-0.4, -0.2) is 0 Å². The zero-order valence-corrected chi connectivity index (χ0v) is 39.5. The summed E-state index contributed by atoms with van der Waals surface area (Å²) in [5.74, 6) is 0. The van der Waals surface area contributed by atoms with Crippen molar-refractivity contribution in [2.45, 2.75) is 41.5 Å². The van der Waals surface area contributed by atoms with E-state index < -0.39 is 0 Å². The van der Waals surface area contributed by atoms with Gasteiger partial charge in [-0.2, -0.15) is 0 Å². The molecular weight excluding hydrogens is 821 g/mol. The molecule has 2 heteroatoms. The van der Waals surface area contributed by atoms with Crippen molar-refractivity contribution in [3.63, 3.8) is 0 Å². The molecule has 0 saturated carbocycles. The van der Waals surface area contributed by atoms with Crippen LogP contribution in [0.2, 0.25) is 0 Å². The predicted octanol–water partition coefficient (Wildman–Crippen LogP) is 19.0. The van der Waals surface area contributed by atoms with Crippen LogP contribution in [0.25, 0.3) is 76.1 Å². The fourth-order valence-electron chi connectivity index (χ4n) is 10.9. The standard InChI is InChI=1S/C66H52N2/c1-41-25-27-53(47-17-9-7-10-18-47)39-59(41)67(61-37-51-23-15-13-21-49(51)33-45(61)5)63-35-43(3)55-30-32-58-64(36-44(4)56-29-31-57(63)65(55)66(56)58)68(62-38-52-24-16-14-22-50(52)34-46(62)6)60-40-54(28-26-42(60)2)48-19-11-8-12-20-48/h7-40H,1-6H3. The summed E-state index contributed by atoms with van der Waals surface area (Å²) in [7, 11) is 0. The molecular formula is C66H52N2. The topological polar surface area (TPSA) is 6.48 Å². The summed E-state index contributed by atoms with van der Waals surface area (Å²) in [5, 5.41) is 12.5. The maximum absolute atomic E-state index is 2.55. The molecule has 0 fully saturated rings. The Morgan fingerprint density at radius 2 is 0.559 bits per heavy atom. The quantitative estimate of drug-likeness (QED) is 0.140. The Balaban J connectivity index is 1.16. The lowest BCUT2D eigenvalue weighted by Crippen LogP contribution is -2.15. The number of rotatable bonds is 8. The van der Waals surface area contributed by atoms with E-state index in [4.69, 9.17) is 0 Å². The molecule has 0 heterocycles. The molecule has 12 aromatic rings. The SMILES string of the molecule is Cc1ccc(-c2ccccc2)cc1N(c1cc2ccccc2cc1C)c1cc(C)c2ccc3c(N(c4cc(-c5ccccc5)ccc4C)c4cc5ccccc5cc4C)cc(C)c4ccc1c2c43. The number of aryl methyl sites for hydroxylation is 6. The first kappa shape index (κ1) is 41.2. The lowest BCUT2D eigenvalue weighted by Gasteiger charge is -2.33. The van der Waals surface area contributed by atoms with Gasteiger partial charge in [0.25, 0.3) is 0 Å². The molecule has 12 rings (SSSR count). The zero-order valence-electron chi connectivity index (χ0n) is 39.5. The minimum atomic E-state index is 1.17. The van der Waals surface area contributed by atoms with Gasteiger partial charge in [-0.1, -0.05) is 158 Å². The summed E-state index contributed by atoms with van der Waals surface area (Å²) in [6.07, 6.45) is 0. The highest BCUT2D eigenvalue weighted by molar-refractivity contribution is 6.29. The Morgan fingerprint density at radius 3 is 0.956 bits per heavy atom. The number of nitrogens with zero attached hydrogens (tertiary/aromatic N) is 2. The average molecular weight is 873 g/mol. The lowest BCUT2D eigenvalue weighted by molar-refractivity contribution is 1.24. The van der Waals surface area contributed by atoms with E-state index in [9.17, 15) is 0 Å². The number of hydrogen-bond acceptors (Lipinski definition) is 2. The van der Waals surface area contributed by atoms with Gasteiger partial charge in [0, 0.05) is 33.5 Å². The summed E-state index contributed by atoms with van der Waals surface area (Å²) in [4.78, 5) is 5.11. The van der Waals surface area contributed by atoms with Gasteiger partial charge in [0.1, 0.15) is 0 Å². The second kappa shape index (κ2) is 16.3. The van der Waals surface area contributed by atoms with Crippen LogP contribution >= 0.6 is 0 Å². The highest BCUT2D eigenvalue weighted by Crippen LogP contribution is 2.51. The van der Waals surface area contributed by atoms with Gasteiger partial charge in [-0.05, 0) is 189 Å². The van der Waals surface area contributed by atoms with Gasteiger partial charge < -0.3 is 9.80 Å². The molecule has 0 saturated heterocycles. The van der Waals surface area contributed by atoms with Crippen LogP contribution in [0.15, 0.2) is 206 Å². The number of hydrogen-bond donors (Lipinski definition) is 0. The van der Waals surface area contributed by atoms with Crippen LogP contribution < -0.4 is 9.80 Å². The highest BCUT2D eigenvalue weighted by atomic mass is 15.2. The van der Waals surface area contributed by atoms with Crippen LogP contribution in [-0.2, 0) is 0 Å². The van der Waals surface area contributed by atoms with Crippen molar-refractivity contribution in [3.8, 4) is 22.3 Å². The molecule has 0 aliphatic carbocycles. The first-order valence-corrected chi connectivity index (χ1v) is 23.8. The molecule has 0 unspecified atom stereocenters. The van der Waals surface area contributed by atoms with Crippen molar-refractivity contribution in [2.75, 3.05) is 9.80 Å². The van der Waals surface area contributed by atoms with Gasteiger partial charge >= 0.3 is 0 Å². The molecule has 0 aliphatic heterocycles. The molecule has 0 atom stereocenters. The second-order valence-electron chi connectivity index (χ2n) is 18.9. The van der Waals surface area contributed by atoms with E-state index in [2.05, 4.69) is 258 Å². The summed E-state index contributed by atoms with van der Waals surface area (Å²) in [6, 6.07) is 76.8. The minimum absolute atomic E-state index is 1.17. The first-order chi connectivity index (χ1) is 33.2. The summed E-state index contributed by atoms with van der Waals surface area (Å²) in [6.45, 7) is 13.6. The van der Waals surface area contributed by atoms with Crippen molar-refractivity contribution >= 4 is 88.0 Å². The Morgan fingerprint density at radius 1 is 0.221 bits per heavy atom. The van der Waals surface area contributed by atoms with Crippen molar-refractivity contribution < 1.29 is 0 Å². The molecule has 0 bridgehead atoms. The summed E-state index contributed by atoms with van der Waals surface area (Å²) >= 11 is 0. The van der Waals surface area contributed by atoms with Gasteiger partial charge in [-0.3, -0.25) is 0 Å². The monoisotopic (exact) mass is 872 g/mol. The Bertz CT molecular complexity index is 3660. The normalized spacial score (nSPS) is 11.7. The molecule has 0 aromatic heterocycles. The molecule has 0 spiro atoms. The third-order valence-corrected chi connectivity index (χ3v) is 14.5. The molecule has 0 amide bonds. The average Bonchev–Trinajstić information content (AvgIpc) is 3.36. The van der Waals surface area contributed by atoms with E-state index in [0.29, 0.717) is 0 Å². The van der Waals surface area contributed by atoms with Crippen molar-refractivity contribution in [1.29, 1.82) is 0 Å². The van der Waals surface area contributed by atoms with E-state index in [-0.39, 0.29) is 0 Å². The molecule has 2 nitrogen and oxygen atoms in total. The Labute approximate surface area is 399 Å². The van der Waals surface area contributed by atoms with Crippen LogP contribution in [0.3, 0.4) is 0 Å². The molecule has 0 N–H and O–H groups in total. The second-order valence-corrected chi connectivity index (χ2v) is 18.9. The van der Waals surface area contributed by atoms with E-state index in [1.807, 2.05) is 0 Å². The summed E-state index contributed by atoms with van der Waals surface area (Å²) in [5.41, 5.74) is 19.2. The predicted molar refractivity (Wildman–Crippen MR) is 294 cm³/mol. The largest absolute Gasteiger partial charge is 0.309 e. The van der Waals surface area contributed by atoms with Crippen molar-refractivity contribution in [2.24, 2.45) is 0 Å². The van der Waals surface area contributed by atoms with Gasteiger partial charge in [0.05, 0.1) is 11.4 Å².